The Bertz CT molecular complexity index is 654. The van der Waals surface area contributed by atoms with E-state index in [0.717, 1.165) is 5.56 Å². The smallest absolute Gasteiger partial charge is 0.243 e. The number of nitrogens with two attached hydrogens (primary N) is 1. The lowest BCUT2D eigenvalue weighted by atomic mass is 10.0. The first-order valence-corrected chi connectivity index (χ1v) is 8.93. The number of hydrogen-bond donors (Lipinski definition) is 3. The largest absolute Gasteiger partial charge is 0.350 e. The number of nitrogens with one attached hydrogen (secondary N) is 2. The van der Waals surface area contributed by atoms with Crippen LogP contribution in [-0.4, -0.2) is 26.3 Å². The van der Waals surface area contributed by atoms with Crippen LogP contribution in [0.25, 0.3) is 0 Å². The molecule has 0 aromatic heterocycles. The van der Waals surface area contributed by atoms with Crippen LogP contribution in [0.2, 0.25) is 0 Å². The third-order valence-corrected chi connectivity index (χ3v) is 3.90. The highest BCUT2D eigenvalue weighted by Crippen LogP contribution is 2.08. The molecule has 2 amide bonds. The van der Waals surface area contributed by atoms with Crippen LogP contribution in [0, 0.1) is 5.92 Å². The van der Waals surface area contributed by atoms with Gasteiger partial charge < -0.3 is 10.6 Å². The third-order valence-electron chi connectivity index (χ3n) is 3.17. The Hall–Kier alpha value is -1.93. The Balaban J connectivity index is 2.63. The lowest BCUT2D eigenvalue weighted by molar-refractivity contribution is -0.129. The molecule has 0 aliphatic heterocycles. The van der Waals surface area contributed by atoms with Gasteiger partial charge in [-0.15, -0.1) is 0 Å². The first kappa shape index (κ1) is 19.1. The van der Waals surface area contributed by atoms with Crippen molar-refractivity contribution < 1.29 is 18.0 Å². The highest BCUT2D eigenvalue weighted by atomic mass is 32.2. The van der Waals surface area contributed by atoms with E-state index in [2.05, 4.69) is 10.6 Å². The van der Waals surface area contributed by atoms with Gasteiger partial charge in [0, 0.05) is 13.5 Å². The van der Waals surface area contributed by atoms with Gasteiger partial charge in [-0.25, -0.2) is 13.6 Å². The Morgan fingerprint density at radius 3 is 2.09 bits per heavy atom. The Morgan fingerprint density at radius 2 is 1.65 bits per heavy atom. The summed E-state index contributed by atoms with van der Waals surface area (Å²) >= 11 is 0. The topological polar surface area (TPSA) is 118 Å². The van der Waals surface area contributed by atoms with Crippen molar-refractivity contribution in [2.45, 2.75) is 39.1 Å². The average Bonchev–Trinajstić information content (AvgIpc) is 2.41. The number of carbonyl (C=O) groups is 2. The monoisotopic (exact) mass is 341 g/mol. The van der Waals surface area contributed by atoms with Crippen LogP contribution in [0.1, 0.15) is 31.9 Å². The molecule has 7 nitrogen and oxygen atoms in total. The molecule has 4 N–H and O–H groups in total. The van der Waals surface area contributed by atoms with Crippen molar-refractivity contribution >= 4 is 21.8 Å². The SMILES string of the molecule is CC(=O)N[C@H](C(=O)NCc1ccc(CS(N)(=O)=O)cc1)C(C)C. The zero-order chi connectivity index (χ0) is 17.6. The molecule has 0 fully saturated rings. The maximum absolute atomic E-state index is 12.1. The van der Waals surface area contributed by atoms with Crippen molar-refractivity contribution in [1.82, 2.24) is 10.6 Å². The lowest BCUT2D eigenvalue weighted by Gasteiger charge is -2.21. The summed E-state index contributed by atoms with van der Waals surface area (Å²) < 4.78 is 22.0. The normalized spacial score (nSPS) is 12.7. The van der Waals surface area contributed by atoms with Crippen LogP contribution < -0.4 is 15.8 Å². The van der Waals surface area contributed by atoms with Crippen LogP contribution in [-0.2, 0) is 31.9 Å². The molecule has 0 spiro atoms. The minimum absolute atomic E-state index is 0.0314. The molecular weight excluding hydrogens is 318 g/mol. The summed E-state index contributed by atoms with van der Waals surface area (Å²) in [6, 6.07) is 6.17. The van der Waals surface area contributed by atoms with E-state index < -0.39 is 16.1 Å². The summed E-state index contributed by atoms with van der Waals surface area (Å²) in [7, 11) is -3.56. The molecule has 1 aromatic rings. The van der Waals surface area contributed by atoms with Crippen molar-refractivity contribution in [3.8, 4) is 0 Å². The van der Waals surface area contributed by atoms with E-state index in [9.17, 15) is 18.0 Å². The molecule has 128 valence electrons. The summed E-state index contributed by atoms with van der Waals surface area (Å²) in [5.41, 5.74) is 1.41. The Labute approximate surface area is 136 Å². The number of amides is 2. The van der Waals surface area contributed by atoms with E-state index >= 15 is 0 Å². The average molecular weight is 341 g/mol. The molecule has 0 saturated heterocycles. The van der Waals surface area contributed by atoms with Crippen LogP contribution >= 0.6 is 0 Å². The molecule has 8 heteroatoms. The molecule has 23 heavy (non-hydrogen) atoms. The predicted octanol–water partition coefficient (Wildman–Crippen LogP) is 0.252. The number of carbonyl (C=O) groups excluding carboxylic acids is 2. The minimum atomic E-state index is -3.56. The summed E-state index contributed by atoms with van der Waals surface area (Å²) in [5.74, 6) is -0.775. The molecule has 1 aromatic carbocycles. The number of rotatable bonds is 7. The van der Waals surface area contributed by atoms with Crippen molar-refractivity contribution in [2.24, 2.45) is 11.1 Å². The second-order valence-electron chi connectivity index (χ2n) is 5.76. The summed E-state index contributed by atoms with van der Waals surface area (Å²) in [6.45, 7) is 5.36. The third kappa shape index (κ3) is 7.25. The van der Waals surface area contributed by atoms with Gasteiger partial charge in [-0.2, -0.15) is 0 Å². The molecule has 0 aliphatic carbocycles. The van der Waals surface area contributed by atoms with E-state index in [1.165, 1.54) is 6.92 Å². The molecule has 0 saturated carbocycles. The molecule has 0 unspecified atom stereocenters. The number of hydrogen-bond acceptors (Lipinski definition) is 4. The lowest BCUT2D eigenvalue weighted by Crippen LogP contribution is -2.48. The van der Waals surface area contributed by atoms with E-state index in [4.69, 9.17) is 5.14 Å². The van der Waals surface area contributed by atoms with Gasteiger partial charge in [-0.1, -0.05) is 38.1 Å². The maximum atomic E-state index is 12.1. The highest BCUT2D eigenvalue weighted by molar-refractivity contribution is 7.88. The molecule has 0 radical (unpaired) electrons. The van der Waals surface area contributed by atoms with E-state index in [1.807, 2.05) is 13.8 Å². The van der Waals surface area contributed by atoms with Gasteiger partial charge in [0.25, 0.3) is 0 Å². The summed E-state index contributed by atoms with van der Waals surface area (Å²) in [6.07, 6.45) is 0. The fraction of sp³-hybridized carbons (Fsp3) is 0.467. The van der Waals surface area contributed by atoms with Gasteiger partial charge in [-0.05, 0) is 17.0 Å². The molecule has 0 bridgehead atoms. The number of primary sulfonamides is 1. The van der Waals surface area contributed by atoms with E-state index in [0.29, 0.717) is 5.56 Å². The Morgan fingerprint density at radius 1 is 1.13 bits per heavy atom. The quantitative estimate of drug-likeness (QED) is 0.659. The summed E-state index contributed by atoms with van der Waals surface area (Å²) in [5, 5.41) is 10.4. The fourth-order valence-corrected chi connectivity index (χ4v) is 2.70. The summed E-state index contributed by atoms with van der Waals surface area (Å²) in [4.78, 5) is 23.3. The van der Waals surface area contributed by atoms with E-state index in [-0.39, 0.29) is 30.0 Å². The van der Waals surface area contributed by atoms with Crippen LogP contribution in [0.3, 0.4) is 0 Å². The van der Waals surface area contributed by atoms with Gasteiger partial charge in [0.1, 0.15) is 6.04 Å². The van der Waals surface area contributed by atoms with Crippen LogP contribution in [0.4, 0.5) is 0 Å². The van der Waals surface area contributed by atoms with Gasteiger partial charge >= 0.3 is 0 Å². The maximum Gasteiger partial charge on any atom is 0.243 e. The van der Waals surface area contributed by atoms with Crippen LogP contribution in [0.15, 0.2) is 24.3 Å². The molecule has 0 aliphatic rings. The van der Waals surface area contributed by atoms with Crippen LogP contribution in [0.5, 0.6) is 0 Å². The first-order valence-electron chi connectivity index (χ1n) is 7.21. The molecular formula is C15H23N3O4S. The van der Waals surface area contributed by atoms with Crippen molar-refractivity contribution in [3.63, 3.8) is 0 Å². The number of sulfonamides is 1. The highest BCUT2D eigenvalue weighted by Gasteiger charge is 2.22. The van der Waals surface area contributed by atoms with Crippen molar-refractivity contribution in [2.75, 3.05) is 0 Å². The van der Waals surface area contributed by atoms with Gasteiger partial charge in [-0.3, -0.25) is 9.59 Å². The predicted molar refractivity (Wildman–Crippen MR) is 87.5 cm³/mol. The second-order valence-corrected chi connectivity index (χ2v) is 7.38. The van der Waals surface area contributed by atoms with Gasteiger partial charge in [0.15, 0.2) is 0 Å². The van der Waals surface area contributed by atoms with Gasteiger partial charge in [0.2, 0.25) is 21.8 Å². The standard InChI is InChI=1S/C15H23N3O4S/c1-10(2)14(18-11(3)19)15(20)17-8-12-4-6-13(7-5-12)9-23(16,21)22/h4-7,10,14H,8-9H2,1-3H3,(H,17,20)(H,18,19)(H2,16,21,22)/t14-/m0/s1. The molecule has 1 atom stereocenters. The van der Waals surface area contributed by atoms with Gasteiger partial charge in [0.05, 0.1) is 5.75 Å². The number of benzene rings is 1. The fourth-order valence-electron chi connectivity index (χ4n) is 2.04. The first-order chi connectivity index (χ1) is 10.6. The Kier molecular flexibility index (Phi) is 6.71. The zero-order valence-corrected chi connectivity index (χ0v) is 14.3. The second kappa shape index (κ2) is 8.07. The van der Waals surface area contributed by atoms with Crippen molar-refractivity contribution in [3.05, 3.63) is 35.4 Å². The molecule has 0 heterocycles. The molecule has 1 rings (SSSR count). The zero-order valence-electron chi connectivity index (χ0n) is 13.5. The van der Waals surface area contributed by atoms with E-state index in [1.54, 1.807) is 24.3 Å². The minimum Gasteiger partial charge on any atom is -0.350 e. The van der Waals surface area contributed by atoms with Crippen molar-refractivity contribution in [1.29, 1.82) is 0 Å².